The number of carbonyl (C=O) groups excluding carboxylic acids is 1. The molecular formula is C11H10N6O2. The van der Waals surface area contributed by atoms with Gasteiger partial charge in [-0.3, -0.25) is 4.40 Å². The van der Waals surface area contributed by atoms with Crippen LogP contribution >= 0.6 is 0 Å². The number of carbonyl (C=O) groups is 1. The van der Waals surface area contributed by atoms with Crippen LogP contribution in [0.5, 0.6) is 0 Å². The van der Waals surface area contributed by atoms with Gasteiger partial charge in [0.15, 0.2) is 11.5 Å². The van der Waals surface area contributed by atoms with Crippen LogP contribution in [0.1, 0.15) is 16.2 Å². The van der Waals surface area contributed by atoms with Crippen molar-refractivity contribution in [2.24, 2.45) is 0 Å². The zero-order chi connectivity index (χ0) is 13.2. The van der Waals surface area contributed by atoms with Gasteiger partial charge >= 0.3 is 5.97 Å². The molecule has 3 rings (SSSR count). The predicted octanol–water partition coefficient (Wildman–Crippen LogP) is 0.156. The summed E-state index contributed by atoms with van der Waals surface area (Å²) in [4.78, 5) is 15.4. The van der Waals surface area contributed by atoms with Crippen LogP contribution in [0.2, 0.25) is 0 Å². The third-order valence-electron chi connectivity index (χ3n) is 2.66. The molecule has 19 heavy (non-hydrogen) atoms. The Morgan fingerprint density at radius 3 is 3.00 bits per heavy atom. The number of hydrogen-bond acceptors (Lipinski definition) is 6. The number of esters is 1. The van der Waals surface area contributed by atoms with Crippen molar-refractivity contribution in [3.8, 4) is 0 Å². The third kappa shape index (κ3) is 2.03. The summed E-state index contributed by atoms with van der Waals surface area (Å²) in [6.07, 6.45) is 4.68. The number of hydrogen-bond donors (Lipinski definition) is 0. The van der Waals surface area contributed by atoms with Crippen molar-refractivity contribution >= 4 is 11.6 Å². The monoisotopic (exact) mass is 258 g/mol. The fourth-order valence-corrected chi connectivity index (χ4v) is 1.74. The predicted molar refractivity (Wildman–Crippen MR) is 63.5 cm³/mol. The quantitative estimate of drug-likeness (QED) is 0.622. The average molecular weight is 258 g/mol. The summed E-state index contributed by atoms with van der Waals surface area (Å²) >= 11 is 0. The minimum absolute atomic E-state index is 0.401. The number of rotatable bonds is 3. The molecule has 0 N–H and O–H groups in total. The van der Waals surface area contributed by atoms with Crippen LogP contribution in [0.4, 0.5) is 0 Å². The Kier molecular flexibility index (Phi) is 2.67. The molecule has 0 fully saturated rings. The average Bonchev–Trinajstić information content (AvgIpc) is 3.08. The molecule has 8 heteroatoms. The zero-order valence-corrected chi connectivity index (χ0v) is 10.1. The molecule has 0 bridgehead atoms. The number of pyridine rings is 1. The first-order valence-corrected chi connectivity index (χ1v) is 5.52. The highest BCUT2D eigenvalue weighted by atomic mass is 16.5. The van der Waals surface area contributed by atoms with Crippen LogP contribution in [-0.4, -0.2) is 42.4 Å². The minimum Gasteiger partial charge on any atom is -0.465 e. The molecule has 0 amide bonds. The van der Waals surface area contributed by atoms with Crippen LogP contribution in [0.3, 0.4) is 0 Å². The Labute approximate surface area is 107 Å². The second-order valence-electron chi connectivity index (χ2n) is 3.85. The molecule has 0 radical (unpaired) electrons. The van der Waals surface area contributed by atoms with Gasteiger partial charge in [-0.25, -0.2) is 14.5 Å². The molecule has 0 saturated heterocycles. The molecule has 0 unspecified atom stereocenters. The van der Waals surface area contributed by atoms with Gasteiger partial charge in [0.05, 0.1) is 12.7 Å². The Balaban J connectivity index is 2.03. The van der Waals surface area contributed by atoms with E-state index in [-0.39, 0.29) is 0 Å². The molecule has 0 aliphatic rings. The van der Waals surface area contributed by atoms with Crippen LogP contribution in [0.15, 0.2) is 31.0 Å². The summed E-state index contributed by atoms with van der Waals surface area (Å²) in [5, 5.41) is 12.1. The SMILES string of the molecule is COC(=O)c1ccc2nnc(Cn3cncn3)n2c1. The molecule has 96 valence electrons. The first kappa shape index (κ1) is 11.3. The van der Waals surface area contributed by atoms with Gasteiger partial charge in [-0.2, -0.15) is 5.10 Å². The van der Waals surface area contributed by atoms with Crippen molar-refractivity contribution in [1.29, 1.82) is 0 Å². The van der Waals surface area contributed by atoms with E-state index in [0.717, 1.165) is 0 Å². The molecule has 8 nitrogen and oxygen atoms in total. The van der Waals surface area contributed by atoms with Gasteiger partial charge < -0.3 is 4.74 Å². The number of nitrogens with zero attached hydrogens (tertiary/aromatic N) is 6. The van der Waals surface area contributed by atoms with Gasteiger partial charge in [0, 0.05) is 6.20 Å². The van der Waals surface area contributed by atoms with Crippen molar-refractivity contribution in [2.45, 2.75) is 6.54 Å². The first-order valence-electron chi connectivity index (χ1n) is 5.52. The summed E-state index contributed by atoms with van der Waals surface area (Å²) < 4.78 is 8.04. The van der Waals surface area contributed by atoms with Crippen molar-refractivity contribution in [2.75, 3.05) is 7.11 Å². The summed E-state index contributed by atoms with van der Waals surface area (Å²) in [6.45, 7) is 0.422. The largest absolute Gasteiger partial charge is 0.465 e. The van der Waals surface area contributed by atoms with E-state index in [4.69, 9.17) is 0 Å². The summed E-state index contributed by atoms with van der Waals surface area (Å²) in [5.41, 5.74) is 1.09. The summed E-state index contributed by atoms with van der Waals surface area (Å²) in [6, 6.07) is 3.36. The normalized spacial score (nSPS) is 10.8. The molecule has 0 atom stereocenters. The summed E-state index contributed by atoms with van der Waals surface area (Å²) in [5.74, 6) is 0.258. The Morgan fingerprint density at radius 2 is 2.26 bits per heavy atom. The van der Waals surface area contributed by atoms with Crippen molar-refractivity contribution in [3.05, 3.63) is 42.4 Å². The lowest BCUT2D eigenvalue weighted by Crippen LogP contribution is -2.07. The Hall–Kier alpha value is -2.77. The van der Waals surface area contributed by atoms with Gasteiger partial charge in [-0.1, -0.05) is 0 Å². The van der Waals surface area contributed by atoms with Crippen molar-refractivity contribution < 1.29 is 9.53 Å². The van der Waals surface area contributed by atoms with Gasteiger partial charge in [0.1, 0.15) is 19.2 Å². The van der Waals surface area contributed by atoms with E-state index in [0.29, 0.717) is 23.6 Å². The number of methoxy groups -OCH3 is 1. The highest BCUT2D eigenvalue weighted by Crippen LogP contribution is 2.09. The molecule has 0 spiro atoms. The maximum absolute atomic E-state index is 11.5. The standard InChI is InChI=1S/C11H10N6O2/c1-19-11(18)8-2-3-9-14-15-10(17(9)4-8)5-16-7-12-6-13-16/h2-4,6-7H,5H2,1H3. The number of aromatic nitrogens is 6. The number of fused-ring (bicyclic) bond motifs is 1. The fourth-order valence-electron chi connectivity index (χ4n) is 1.74. The maximum Gasteiger partial charge on any atom is 0.339 e. The fraction of sp³-hybridized carbons (Fsp3) is 0.182. The molecule has 3 aromatic rings. The highest BCUT2D eigenvalue weighted by molar-refractivity contribution is 5.89. The second kappa shape index (κ2) is 4.48. The van der Waals surface area contributed by atoms with Crippen LogP contribution < -0.4 is 0 Å². The van der Waals surface area contributed by atoms with Crippen LogP contribution in [0, 0.1) is 0 Å². The maximum atomic E-state index is 11.5. The second-order valence-corrected chi connectivity index (χ2v) is 3.85. The van der Waals surface area contributed by atoms with Gasteiger partial charge in [-0.15, -0.1) is 10.2 Å². The minimum atomic E-state index is -0.401. The van der Waals surface area contributed by atoms with E-state index in [2.05, 4.69) is 25.0 Å². The first-order chi connectivity index (χ1) is 9.28. The van der Waals surface area contributed by atoms with Gasteiger partial charge in [0.25, 0.3) is 0 Å². The van der Waals surface area contributed by atoms with E-state index in [1.807, 2.05) is 0 Å². The molecule has 0 aromatic carbocycles. The zero-order valence-electron chi connectivity index (χ0n) is 10.1. The van der Waals surface area contributed by atoms with Crippen LogP contribution in [0.25, 0.3) is 5.65 Å². The Morgan fingerprint density at radius 1 is 1.37 bits per heavy atom. The van der Waals surface area contributed by atoms with E-state index >= 15 is 0 Å². The molecule has 3 aromatic heterocycles. The lowest BCUT2D eigenvalue weighted by Gasteiger charge is -2.02. The lowest BCUT2D eigenvalue weighted by molar-refractivity contribution is 0.0600. The summed E-state index contributed by atoms with van der Waals surface area (Å²) in [7, 11) is 1.34. The van der Waals surface area contributed by atoms with E-state index in [1.165, 1.54) is 13.4 Å². The molecule has 0 aliphatic heterocycles. The highest BCUT2D eigenvalue weighted by Gasteiger charge is 2.11. The molecule has 3 heterocycles. The Bertz CT molecular complexity index is 718. The van der Waals surface area contributed by atoms with Gasteiger partial charge in [0.2, 0.25) is 0 Å². The van der Waals surface area contributed by atoms with Crippen LogP contribution in [-0.2, 0) is 11.3 Å². The molecule has 0 aliphatic carbocycles. The smallest absolute Gasteiger partial charge is 0.339 e. The molecular weight excluding hydrogens is 248 g/mol. The number of ether oxygens (including phenoxy) is 1. The van der Waals surface area contributed by atoms with Gasteiger partial charge in [-0.05, 0) is 12.1 Å². The topological polar surface area (TPSA) is 87.2 Å². The molecule has 0 saturated carbocycles. The van der Waals surface area contributed by atoms with Crippen molar-refractivity contribution in [3.63, 3.8) is 0 Å². The lowest BCUT2D eigenvalue weighted by atomic mass is 10.3. The van der Waals surface area contributed by atoms with E-state index in [1.54, 1.807) is 33.7 Å². The van der Waals surface area contributed by atoms with E-state index < -0.39 is 5.97 Å². The van der Waals surface area contributed by atoms with Crippen molar-refractivity contribution in [1.82, 2.24) is 29.4 Å². The third-order valence-corrected chi connectivity index (χ3v) is 2.66. The van der Waals surface area contributed by atoms with E-state index in [9.17, 15) is 4.79 Å².